The second-order valence-corrected chi connectivity index (χ2v) is 16.6. The summed E-state index contributed by atoms with van der Waals surface area (Å²) in [7, 11) is 13.5. The zero-order valence-electron chi connectivity index (χ0n) is 41.9. The Morgan fingerprint density at radius 3 is 0.708 bits per heavy atom. The van der Waals surface area contributed by atoms with Gasteiger partial charge in [0.25, 0.3) is 0 Å². The first-order valence-electron chi connectivity index (χ1n) is 23.4. The fourth-order valence-electron chi connectivity index (χ4n) is 8.79. The summed E-state index contributed by atoms with van der Waals surface area (Å²) in [4.78, 5) is 0. The molecule has 0 aromatic heterocycles. The van der Waals surface area contributed by atoms with Crippen LogP contribution in [-0.2, 0) is 0 Å². The molecule has 0 saturated heterocycles. The highest BCUT2D eigenvalue weighted by molar-refractivity contribution is 6.35. The van der Waals surface area contributed by atoms with E-state index in [0.717, 1.165) is 89.4 Å². The van der Waals surface area contributed by atoms with Gasteiger partial charge in [-0.1, -0.05) is 97.1 Å². The molecule has 8 aromatic rings. The van der Waals surface area contributed by atoms with Gasteiger partial charge in [0.2, 0.25) is 0 Å². The van der Waals surface area contributed by atoms with Crippen molar-refractivity contribution in [3.8, 4) is 46.0 Å². The van der Waals surface area contributed by atoms with Crippen LogP contribution in [0.15, 0.2) is 194 Å². The van der Waals surface area contributed by atoms with Gasteiger partial charge in [0.1, 0.15) is 46.0 Å². The molecule has 8 rings (SSSR count). The molecule has 0 atom stereocenters. The third-order valence-corrected chi connectivity index (χ3v) is 12.3. The lowest BCUT2D eigenvalue weighted by Gasteiger charge is -2.28. The van der Waals surface area contributed by atoms with Crippen molar-refractivity contribution in [3.05, 3.63) is 239 Å². The highest BCUT2D eigenvalue weighted by Crippen LogP contribution is 2.52. The van der Waals surface area contributed by atoms with Crippen molar-refractivity contribution in [2.24, 2.45) is 0 Å². The summed E-state index contributed by atoms with van der Waals surface area (Å²) < 4.78 is 47.8. The maximum atomic E-state index is 6.09. The standard InChI is InChI=1S/C64H58O8/c1-65-51-25-9-17-43(33-51)35-59(45-19-11-27-53(37-45)67-3)61(47-21-13-29-55(39-47)69-5)63(49-23-15-31-57(41-49)71-7)64(50-24-16-32-58(42-50)72-8)62(48-22-14-30-56(40-48)70-6)60(46-20-12-28-54(38-46)68-4)36-44-18-10-26-52(34-44)66-2/h9-42H,1-8H3/b59-35+,60-36+,63-61+,64-62+. The maximum absolute atomic E-state index is 6.09. The van der Waals surface area contributed by atoms with Crippen molar-refractivity contribution in [1.29, 1.82) is 0 Å². The van der Waals surface area contributed by atoms with E-state index in [1.54, 1.807) is 56.9 Å². The second kappa shape index (κ2) is 23.6. The Morgan fingerprint density at radius 1 is 0.236 bits per heavy atom. The summed E-state index contributed by atoms with van der Waals surface area (Å²) in [6.45, 7) is 0. The topological polar surface area (TPSA) is 73.8 Å². The van der Waals surface area contributed by atoms with Crippen LogP contribution in [0.3, 0.4) is 0 Å². The molecule has 0 N–H and O–H groups in total. The molecular weight excluding hydrogens is 897 g/mol. The number of rotatable bonds is 19. The molecule has 0 aliphatic heterocycles. The zero-order chi connectivity index (χ0) is 50.4. The van der Waals surface area contributed by atoms with Crippen LogP contribution in [0, 0.1) is 0 Å². The Morgan fingerprint density at radius 2 is 0.444 bits per heavy atom. The fourth-order valence-corrected chi connectivity index (χ4v) is 8.79. The van der Waals surface area contributed by atoms with Gasteiger partial charge in [-0.05, 0) is 187 Å². The maximum Gasteiger partial charge on any atom is 0.119 e. The molecule has 0 unspecified atom stereocenters. The van der Waals surface area contributed by atoms with Gasteiger partial charge in [0.15, 0.2) is 0 Å². The van der Waals surface area contributed by atoms with Gasteiger partial charge in [0.05, 0.1) is 56.9 Å². The summed E-state index contributed by atoms with van der Waals surface area (Å²) in [6.07, 6.45) is 4.41. The molecule has 0 spiro atoms. The first-order chi connectivity index (χ1) is 35.3. The summed E-state index contributed by atoms with van der Waals surface area (Å²) >= 11 is 0. The number of hydrogen-bond donors (Lipinski definition) is 0. The van der Waals surface area contributed by atoms with E-state index in [1.165, 1.54) is 0 Å². The molecule has 362 valence electrons. The number of benzene rings is 8. The molecule has 0 amide bonds. The largest absolute Gasteiger partial charge is 0.497 e. The van der Waals surface area contributed by atoms with E-state index in [1.807, 2.05) is 109 Å². The minimum absolute atomic E-state index is 0.669. The van der Waals surface area contributed by atoms with E-state index < -0.39 is 0 Å². The van der Waals surface area contributed by atoms with Crippen molar-refractivity contribution in [2.45, 2.75) is 0 Å². The third-order valence-electron chi connectivity index (χ3n) is 12.3. The molecule has 8 nitrogen and oxygen atoms in total. The average molecular weight is 955 g/mol. The van der Waals surface area contributed by atoms with Crippen LogP contribution in [0.2, 0.25) is 0 Å². The molecule has 0 heterocycles. The Hall–Kier alpha value is -8.88. The Balaban J connectivity index is 1.74. The molecule has 0 radical (unpaired) electrons. The molecule has 0 saturated carbocycles. The minimum atomic E-state index is 0.669. The molecule has 0 aliphatic rings. The van der Waals surface area contributed by atoms with Gasteiger partial charge in [-0.3, -0.25) is 0 Å². The van der Waals surface area contributed by atoms with Crippen molar-refractivity contribution in [3.63, 3.8) is 0 Å². The first-order valence-corrected chi connectivity index (χ1v) is 23.4. The summed E-state index contributed by atoms with van der Waals surface area (Å²) in [5.41, 5.74) is 12.2. The minimum Gasteiger partial charge on any atom is -0.497 e. The number of ether oxygens (including phenoxy) is 8. The first kappa shape index (κ1) is 49.5. The van der Waals surface area contributed by atoms with Gasteiger partial charge in [0, 0.05) is 0 Å². The Kier molecular flexibility index (Phi) is 16.3. The van der Waals surface area contributed by atoms with Crippen LogP contribution < -0.4 is 37.9 Å². The van der Waals surface area contributed by atoms with Crippen LogP contribution in [0.25, 0.3) is 45.6 Å². The molecule has 0 bridgehead atoms. The summed E-state index contributed by atoms with van der Waals surface area (Å²) in [5.74, 6) is 5.52. The Bertz CT molecular complexity index is 3080. The van der Waals surface area contributed by atoms with Gasteiger partial charge >= 0.3 is 0 Å². The zero-order valence-corrected chi connectivity index (χ0v) is 41.9. The number of methoxy groups -OCH3 is 8. The highest BCUT2D eigenvalue weighted by Gasteiger charge is 2.29. The SMILES string of the molecule is COc1cccc(/C=C(/C(=C(/C(=C(/C(=C/c2cccc(OC)c2)c2cccc(OC)c2)c2cccc(OC)c2)c2cccc(OC)c2)c2cccc(OC)c2)c2cccc(OC)c2)c2cccc(OC)c2)c1. The van der Waals surface area contributed by atoms with Crippen LogP contribution in [0.4, 0.5) is 0 Å². The van der Waals surface area contributed by atoms with E-state index in [9.17, 15) is 0 Å². The van der Waals surface area contributed by atoms with E-state index in [2.05, 4.69) is 97.1 Å². The van der Waals surface area contributed by atoms with E-state index in [-0.39, 0.29) is 0 Å². The molecule has 8 heteroatoms. The fraction of sp³-hybridized carbons (Fsp3) is 0.125. The predicted octanol–water partition coefficient (Wildman–Crippen LogP) is 14.8. The number of allylic oxidation sites excluding steroid dienone is 6. The van der Waals surface area contributed by atoms with E-state index in [4.69, 9.17) is 37.9 Å². The van der Waals surface area contributed by atoms with E-state index >= 15 is 0 Å². The third kappa shape index (κ3) is 11.4. The van der Waals surface area contributed by atoms with Crippen LogP contribution in [0.5, 0.6) is 46.0 Å². The summed E-state index contributed by atoms with van der Waals surface area (Å²) in [5, 5.41) is 0. The van der Waals surface area contributed by atoms with Crippen LogP contribution in [-0.4, -0.2) is 56.9 Å². The van der Waals surface area contributed by atoms with Gasteiger partial charge in [-0.2, -0.15) is 0 Å². The lowest BCUT2D eigenvalue weighted by Crippen LogP contribution is -2.05. The van der Waals surface area contributed by atoms with Crippen molar-refractivity contribution in [1.82, 2.24) is 0 Å². The molecule has 0 fully saturated rings. The quantitative estimate of drug-likeness (QED) is 0.0586. The van der Waals surface area contributed by atoms with Crippen LogP contribution in [0.1, 0.15) is 44.5 Å². The van der Waals surface area contributed by atoms with E-state index in [0.29, 0.717) is 34.5 Å². The molecule has 8 aromatic carbocycles. The van der Waals surface area contributed by atoms with Gasteiger partial charge < -0.3 is 37.9 Å². The highest BCUT2D eigenvalue weighted by atomic mass is 16.5. The van der Waals surface area contributed by atoms with Crippen molar-refractivity contribution in [2.75, 3.05) is 56.9 Å². The Labute approximate surface area is 423 Å². The summed E-state index contributed by atoms with van der Waals surface area (Å²) in [6, 6.07) is 65.2. The predicted molar refractivity (Wildman–Crippen MR) is 293 cm³/mol. The van der Waals surface area contributed by atoms with Gasteiger partial charge in [-0.15, -0.1) is 0 Å². The monoisotopic (exact) mass is 954 g/mol. The molecular formula is C64H58O8. The second-order valence-electron chi connectivity index (χ2n) is 16.6. The van der Waals surface area contributed by atoms with Crippen LogP contribution >= 0.6 is 0 Å². The normalized spacial score (nSPS) is 12.2. The molecule has 0 aliphatic carbocycles. The lowest BCUT2D eigenvalue weighted by atomic mass is 9.76. The van der Waals surface area contributed by atoms with Crippen molar-refractivity contribution >= 4 is 45.6 Å². The smallest absolute Gasteiger partial charge is 0.119 e. The average Bonchev–Trinajstić information content (AvgIpc) is 3.45. The van der Waals surface area contributed by atoms with Crippen molar-refractivity contribution < 1.29 is 37.9 Å². The number of hydrogen-bond acceptors (Lipinski definition) is 8. The molecule has 72 heavy (non-hydrogen) atoms. The van der Waals surface area contributed by atoms with Gasteiger partial charge in [-0.25, -0.2) is 0 Å². The lowest BCUT2D eigenvalue weighted by molar-refractivity contribution is 0.414.